The number of amides is 2. The van der Waals surface area contributed by atoms with Gasteiger partial charge in [-0.05, 0) is 52.2 Å². The lowest BCUT2D eigenvalue weighted by atomic mass is 9.90. The molecule has 3 aromatic carbocycles. The van der Waals surface area contributed by atoms with Crippen LogP contribution in [0.25, 0.3) is 0 Å². The summed E-state index contributed by atoms with van der Waals surface area (Å²) in [6.07, 6.45) is -1.12. The fourth-order valence-electron chi connectivity index (χ4n) is 4.73. The highest BCUT2D eigenvalue weighted by molar-refractivity contribution is 9.10. The maximum Gasteiger partial charge on any atom is 0.271 e. The lowest BCUT2D eigenvalue weighted by molar-refractivity contribution is -0.384. The largest absolute Gasteiger partial charge is 0.503 e. The number of imide groups is 1. The Labute approximate surface area is 220 Å². The Kier molecular flexibility index (Phi) is 6.57. The first-order chi connectivity index (χ1) is 17.8. The number of anilines is 1. The molecule has 0 bridgehead atoms. The second-order valence-electron chi connectivity index (χ2n) is 8.63. The highest BCUT2D eigenvalue weighted by Crippen LogP contribution is 2.49. The standard InChI is InChI=1S/C26H22BrN3O7/c1-2-36-20-12-16(11-19(27)23(20)31)22-21-24(37-29(22)17-9-6-10-18(13-17)30(34)35)26(33)28(25(21)32)14-15-7-4-3-5-8-15/h3-13,21-22,24,31H,2,14H2,1H3/t21-,22-,24+/m1/s1. The molecule has 11 heteroatoms. The summed E-state index contributed by atoms with van der Waals surface area (Å²) in [5.74, 6) is -1.75. The monoisotopic (exact) mass is 567 g/mol. The minimum absolute atomic E-state index is 0.0991. The third-order valence-corrected chi connectivity index (χ3v) is 6.98. The molecule has 1 N–H and O–H groups in total. The first kappa shape index (κ1) is 24.7. The summed E-state index contributed by atoms with van der Waals surface area (Å²) in [5.41, 5.74) is 1.46. The molecule has 0 aliphatic carbocycles. The van der Waals surface area contributed by atoms with Crippen LogP contribution in [0.2, 0.25) is 0 Å². The van der Waals surface area contributed by atoms with Crippen LogP contribution in [0.4, 0.5) is 11.4 Å². The first-order valence-electron chi connectivity index (χ1n) is 11.5. The Morgan fingerprint density at radius 1 is 1.08 bits per heavy atom. The molecule has 3 aromatic rings. The summed E-state index contributed by atoms with van der Waals surface area (Å²) in [6, 6.07) is 17.3. The Bertz CT molecular complexity index is 1380. The number of benzene rings is 3. The van der Waals surface area contributed by atoms with Crippen molar-refractivity contribution in [2.24, 2.45) is 5.92 Å². The predicted octanol–water partition coefficient (Wildman–Crippen LogP) is 4.51. The average molecular weight is 568 g/mol. The number of nitro groups is 1. The van der Waals surface area contributed by atoms with E-state index in [0.717, 1.165) is 5.56 Å². The number of non-ortho nitro benzene ring substituents is 1. The lowest BCUT2D eigenvalue weighted by Crippen LogP contribution is -2.37. The number of phenolic OH excluding ortho intramolecular Hbond substituents is 1. The average Bonchev–Trinajstić information content (AvgIpc) is 3.39. The molecule has 10 nitrogen and oxygen atoms in total. The van der Waals surface area contributed by atoms with E-state index in [1.54, 1.807) is 25.1 Å². The van der Waals surface area contributed by atoms with Gasteiger partial charge in [0.1, 0.15) is 5.92 Å². The van der Waals surface area contributed by atoms with Crippen molar-refractivity contribution < 1.29 is 29.2 Å². The van der Waals surface area contributed by atoms with Gasteiger partial charge in [-0.25, -0.2) is 5.06 Å². The number of aromatic hydroxyl groups is 1. The number of halogens is 1. The molecule has 2 heterocycles. The summed E-state index contributed by atoms with van der Waals surface area (Å²) >= 11 is 3.34. The zero-order valence-electron chi connectivity index (χ0n) is 19.6. The van der Waals surface area contributed by atoms with E-state index >= 15 is 0 Å². The molecule has 0 radical (unpaired) electrons. The van der Waals surface area contributed by atoms with Crippen LogP contribution in [0.3, 0.4) is 0 Å². The van der Waals surface area contributed by atoms with E-state index in [4.69, 9.17) is 9.57 Å². The van der Waals surface area contributed by atoms with Gasteiger partial charge in [-0.15, -0.1) is 0 Å². The van der Waals surface area contributed by atoms with Crippen LogP contribution in [0.15, 0.2) is 71.2 Å². The SMILES string of the molecule is CCOc1cc([C@@H]2[C@H]3C(=O)N(Cc4ccccc4)C(=O)[C@H]3ON2c2cccc([N+](=O)[O-])c2)cc(Br)c1O. The number of ether oxygens (including phenoxy) is 1. The smallest absolute Gasteiger partial charge is 0.271 e. The van der Waals surface area contributed by atoms with Crippen molar-refractivity contribution >= 4 is 39.1 Å². The highest BCUT2D eigenvalue weighted by Gasteiger charge is 2.60. The van der Waals surface area contributed by atoms with E-state index in [1.165, 1.54) is 28.2 Å². The van der Waals surface area contributed by atoms with E-state index in [1.807, 2.05) is 30.3 Å². The van der Waals surface area contributed by atoms with Crippen LogP contribution in [-0.2, 0) is 21.0 Å². The van der Waals surface area contributed by atoms with Gasteiger partial charge in [-0.1, -0.05) is 36.4 Å². The van der Waals surface area contributed by atoms with Crippen molar-refractivity contribution in [3.8, 4) is 11.5 Å². The number of phenols is 1. The van der Waals surface area contributed by atoms with Gasteiger partial charge in [-0.3, -0.25) is 29.4 Å². The summed E-state index contributed by atoms with van der Waals surface area (Å²) in [7, 11) is 0. The number of nitro benzene ring substituents is 1. The van der Waals surface area contributed by atoms with E-state index < -0.39 is 34.8 Å². The number of hydroxylamine groups is 1. The summed E-state index contributed by atoms with van der Waals surface area (Å²) in [4.78, 5) is 45.2. The second-order valence-corrected chi connectivity index (χ2v) is 9.48. The van der Waals surface area contributed by atoms with Crippen molar-refractivity contribution in [3.05, 3.63) is 92.4 Å². The molecule has 0 aromatic heterocycles. The molecule has 2 fully saturated rings. The Morgan fingerprint density at radius 3 is 2.54 bits per heavy atom. The Hall–Kier alpha value is -3.96. The second kappa shape index (κ2) is 9.83. The van der Waals surface area contributed by atoms with E-state index in [9.17, 15) is 24.8 Å². The van der Waals surface area contributed by atoms with Crippen LogP contribution >= 0.6 is 15.9 Å². The number of rotatable bonds is 7. The predicted molar refractivity (Wildman–Crippen MR) is 136 cm³/mol. The Balaban J connectivity index is 1.59. The van der Waals surface area contributed by atoms with E-state index in [2.05, 4.69) is 15.9 Å². The van der Waals surface area contributed by atoms with Gasteiger partial charge >= 0.3 is 0 Å². The van der Waals surface area contributed by atoms with Gasteiger partial charge in [0.15, 0.2) is 17.6 Å². The molecule has 5 rings (SSSR count). The zero-order chi connectivity index (χ0) is 26.3. The van der Waals surface area contributed by atoms with Crippen molar-refractivity contribution in [3.63, 3.8) is 0 Å². The number of fused-ring (bicyclic) bond motifs is 1. The van der Waals surface area contributed by atoms with Crippen molar-refractivity contribution in [1.29, 1.82) is 0 Å². The zero-order valence-corrected chi connectivity index (χ0v) is 21.2. The van der Waals surface area contributed by atoms with E-state index in [-0.39, 0.29) is 30.3 Å². The van der Waals surface area contributed by atoms with Crippen LogP contribution in [0, 0.1) is 16.0 Å². The maximum atomic E-state index is 13.7. The number of hydrogen-bond donors (Lipinski definition) is 1. The number of nitrogens with zero attached hydrogens (tertiary/aromatic N) is 3. The molecule has 190 valence electrons. The lowest BCUT2D eigenvalue weighted by Gasteiger charge is -2.29. The third kappa shape index (κ3) is 4.40. The van der Waals surface area contributed by atoms with Crippen LogP contribution in [0.1, 0.15) is 24.1 Å². The van der Waals surface area contributed by atoms with Gasteiger partial charge in [0.25, 0.3) is 11.6 Å². The molecule has 0 spiro atoms. The van der Waals surface area contributed by atoms with Crippen LogP contribution in [-0.4, -0.2) is 39.5 Å². The topological polar surface area (TPSA) is 122 Å². The minimum Gasteiger partial charge on any atom is -0.503 e. The number of carbonyl (C=O) groups excluding carboxylic acids is 2. The molecular weight excluding hydrogens is 546 g/mol. The normalized spacial score (nSPS) is 20.9. The van der Waals surface area contributed by atoms with Gasteiger partial charge in [-0.2, -0.15) is 0 Å². The summed E-state index contributed by atoms with van der Waals surface area (Å²) in [6.45, 7) is 2.15. The van der Waals surface area contributed by atoms with Gasteiger partial charge in [0, 0.05) is 12.1 Å². The molecule has 2 aliphatic rings. The number of carbonyl (C=O) groups is 2. The third-order valence-electron chi connectivity index (χ3n) is 6.38. The van der Waals surface area contributed by atoms with Crippen molar-refractivity contribution in [1.82, 2.24) is 4.90 Å². The maximum absolute atomic E-state index is 13.7. The quantitative estimate of drug-likeness (QED) is 0.251. The van der Waals surface area contributed by atoms with Gasteiger partial charge < -0.3 is 9.84 Å². The molecule has 3 atom stereocenters. The molecule has 2 amide bonds. The molecule has 2 saturated heterocycles. The minimum atomic E-state index is -1.12. The highest BCUT2D eigenvalue weighted by atomic mass is 79.9. The molecule has 37 heavy (non-hydrogen) atoms. The van der Waals surface area contributed by atoms with Gasteiger partial charge in [0.2, 0.25) is 5.91 Å². The van der Waals surface area contributed by atoms with Crippen molar-refractivity contribution in [2.75, 3.05) is 11.7 Å². The Morgan fingerprint density at radius 2 is 1.84 bits per heavy atom. The molecule has 0 unspecified atom stereocenters. The summed E-state index contributed by atoms with van der Waals surface area (Å²) < 4.78 is 5.91. The van der Waals surface area contributed by atoms with Crippen LogP contribution < -0.4 is 9.80 Å². The van der Waals surface area contributed by atoms with E-state index in [0.29, 0.717) is 15.7 Å². The summed E-state index contributed by atoms with van der Waals surface area (Å²) in [5, 5.41) is 23.2. The molecule has 2 aliphatic heterocycles. The van der Waals surface area contributed by atoms with Gasteiger partial charge in [0.05, 0.1) is 34.3 Å². The number of hydrogen-bond acceptors (Lipinski definition) is 8. The van der Waals surface area contributed by atoms with Crippen molar-refractivity contribution in [2.45, 2.75) is 25.6 Å². The fraction of sp³-hybridized carbons (Fsp3) is 0.231. The molecular formula is C26H22BrN3O7. The fourth-order valence-corrected chi connectivity index (χ4v) is 5.19. The number of likely N-dealkylation sites (tertiary alicyclic amines) is 1. The molecule has 0 saturated carbocycles. The first-order valence-corrected chi connectivity index (χ1v) is 12.3. The van der Waals surface area contributed by atoms with Crippen LogP contribution in [0.5, 0.6) is 11.5 Å².